The van der Waals surface area contributed by atoms with E-state index in [9.17, 15) is 4.79 Å². The monoisotopic (exact) mass is 344 g/mol. The Morgan fingerprint density at radius 3 is 2.62 bits per heavy atom. The van der Waals surface area contributed by atoms with Crippen LogP contribution in [0.1, 0.15) is 6.92 Å². The Bertz CT molecular complexity index is 686. The van der Waals surface area contributed by atoms with E-state index in [1.54, 1.807) is 12.1 Å². The summed E-state index contributed by atoms with van der Waals surface area (Å²) in [5, 5.41) is 3.55. The van der Waals surface area contributed by atoms with Gasteiger partial charge in [0.25, 0.3) is 0 Å². The number of aromatic nitrogens is 1. The van der Waals surface area contributed by atoms with Gasteiger partial charge in [-0.2, -0.15) is 0 Å². The maximum Gasteiger partial charge on any atom is 0.241 e. The maximum atomic E-state index is 12.5. The molecule has 1 fully saturated rings. The normalized spacial score (nSPS) is 16.7. The summed E-state index contributed by atoms with van der Waals surface area (Å²) in [5.74, 6) is 0.983. The highest BCUT2D eigenvalue weighted by atomic mass is 35.5. The number of carbonyl (C=O) groups is 1. The minimum absolute atomic E-state index is 0.0106. The van der Waals surface area contributed by atoms with Gasteiger partial charge in [-0.25, -0.2) is 4.98 Å². The maximum absolute atomic E-state index is 12.5. The topological polar surface area (TPSA) is 48.5 Å². The van der Waals surface area contributed by atoms with Crippen molar-refractivity contribution in [1.82, 2.24) is 9.88 Å². The lowest BCUT2D eigenvalue weighted by atomic mass is 10.2. The van der Waals surface area contributed by atoms with Gasteiger partial charge in [0.05, 0.1) is 6.04 Å². The molecule has 1 amide bonds. The molecule has 2 aromatic rings. The van der Waals surface area contributed by atoms with Crippen LogP contribution in [0.2, 0.25) is 5.02 Å². The summed E-state index contributed by atoms with van der Waals surface area (Å²) in [4.78, 5) is 21.3. The number of carbonyl (C=O) groups excluding carboxylic acids is 1. The number of nitrogens with one attached hydrogen (secondary N) is 1. The van der Waals surface area contributed by atoms with Crippen LogP contribution in [0.3, 0.4) is 0 Å². The van der Waals surface area contributed by atoms with Crippen molar-refractivity contribution in [2.45, 2.75) is 13.0 Å². The van der Waals surface area contributed by atoms with Crippen LogP contribution in [0.5, 0.6) is 0 Å². The summed E-state index contributed by atoms with van der Waals surface area (Å²) in [6.45, 7) is 5.34. The summed E-state index contributed by atoms with van der Waals surface area (Å²) in [6, 6.07) is 13.0. The Morgan fingerprint density at radius 1 is 1.17 bits per heavy atom. The zero-order valence-electron chi connectivity index (χ0n) is 13.7. The van der Waals surface area contributed by atoms with E-state index >= 15 is 0 Å². The summed E-state index contributed by atoms with van der Waals surface area (Å²) in [5.41, 5.74) is 0.728. The first-order valence-corrected chi connectivity index (χ1v) is 8.48. The molecule has 0 saturated carbocycles. The molecule has 126 valence electrons. The third-order valence-electron chi connectivity index (χ3n) is 4.31. The largest absolute Gasteiger partial charge is 0.354 e. The third-order valence-corrected chi connectivity index (χ3v) is 4.54. The number of hydrogen-bond donors (Lipinski definition) is 1. The van der Waals surface area contributed by atoms with Crippen LogP contribution in [-0.2, 0) is 4.79 Å². The Hall–Kier alpha value is -2.11. The fraction of sp³-hybridized carbons (Fsp3) is 0.333. The lowest BCUT2D eigenvalue weighted by Crippen LogP contribution is -2.53. The van der Waals surface area contributed by atoms with Crippen molar-refractivity contribution >= 4 is 29.0 Å². The predicted octanol–water partition coefficient (Wildman–Crippen LogP) is 2.88. The van der Waals surface area contributed by atoms with Gasteiger partial charge < -0.3 is 10.2 Å². The number of rotatable bonds is 4. The third kappa shape index (κ3) is 4.04. The lowest BCUT2D eigenvalue weighted by Gasteiger charge is -2.37. The number of pyridine rings is 1. The zero-order valence-corrected chi connectivity index (χ0v) is 14.4. The van der Waals surface area contributed by atoms with Crippen molar-refractivity contribution in [2.24, 2.45) is 0 Å². The molecule has 1 aliphatic heterocycles. The quantitative estimate of drug-likeness (QED) is 0.926. The van der Waals surface area contributed by atoms with Crippen LogP contribution < -0.4 is 10.2 Å². The fourth-order valence-corrected chi connectivity index (χ4v) is 3.05. The molecule has 1 atom stereocenters. The van der Waals surface area contributed by atoms with E-state index in [0.717, 1.165) is 37.7 Å². The van der Waals surface area contributed by atoms with Gasteiger partial charge in [-0.1, -0.05) is 23.7 Å². The average Bonchev–Trinajstić information content (AvgIpc) is 2.62. The van der Waals surface area contributed by atoms with Gasteiger partial charge in [-0.05, 0) is 37.3 Å². The molecule has 24 heavy (non-hydrogen) atoms. The molecule has 0 unspecified atom stereocenters. The Kier molecular flexibility index (Phi) is 5.33. The number of hydrogen-bond acceptors (Lipinski definition) is 4. The summed E-state index contributed by atoms with van der Waals surface area (Å²) in [6.07, 6.45) is 1.81. The molecule has 1 aliphatic rings. The number of benzene rings is 1. The van der Waals surface area contributed by atoms with Gasteiger partial charge in [-0.15, -0.1) is 0 Å². The van der Waals surface area contributed by atoms with Crippen molar-refractivity contribution in [3.63, 3.8) is 0 Å². The first-order valence-electron chi connectivity index (χ1n) is 8.10. The lowest BCUT2D eigenvalue weighted by molar-refractivity contribution is -0.120. The minimum atomic E-state index is -0.185. The SMILES string of the molecule is C[C@@H](C(=O)Nc1cccc(Cl)c1)N1CCN(c2ccccn2)CC1. The minimum Gasteiger partial charge on any atom is -0.354 e. The van der Waals surface area contributed by atoms with Crippen molar-refractivity contribution < 1.29 is 4.79 Å². The Labute approximate surface area is 147 Å². The first kappa shape index (κ1) is 16.7. The van der Waals surface area contributed by atoms with E-state index in [4.69, 9.17) is 11.6 Å². The highest BCUT2D eigenvalue weighted by Gasteiger charge is 2.26. The van der Waals surface area contributed by atoms with Crippen molar-refractivity contribution in [2.75, 3.05) is 36.4 Å². The fourth-order valence-electron chi connectivity index (χ4n) is 2.86. The first-order chi connectivity index (χ1) is 11.6. The van der Waals surface area contributed by atoms with Gasteiger partial charge in [-0.3, -0.25) is 9.69 Å². The van der Waals surface area contributed by atoms with E-state index < -0.39 is 0 Å². The molecule has 1 aromatic heterocycles. The molecule has 0 radical (unpaired) electrons. The van der Waals surface area contributed by atoms with Gasteiger partial charge >= 0.3 is 0 Å². The van der Waals surface area contributed by atoms with E-state index in [-0.39, 0.29) is 11.9 Å². The van der Waals surface area contributed by atoms with Gasteiger partial charge in [0.2, 0.25) is 5.91 Å². The molecule has 0 aliphatic carbocycles. The Morgan fingerprint density at radius 2 is 1.96 bits per heavy atom. The van der Waals surface area contributed by atoms with E-state index in [0.29, 0.717) is 5.02 Å². The second-order valence-electron chi connectivity index (χ2n) is 5.89. The van der Waals surface area contributed by atoms with Crippen LogP contribution in [-0.4, -0.2) is 48.0 Å². The molecule has 5 nitrogen and oxygen atoms in total. The zero-order chi connectivity index (χ0) is 16.9. The van der Waals surface area contributed by atoms with Gasteiger partial charge in [0, 0.05) is 43.1 Å². The smallest absolute Gasteiger partial charge is 0.241 e. The predicted molar refractivity (Wildman–Crippen MR) is 97.6 cm³/mol. The van der Waals surface area contributed by atoms with Crippen molar-refractivity contribution in [3.8, 4) is 0 Å². The standard InChI is InChI=1S/C18H21ClN4O/c1-14(18(24)21-16-6-4-5-15(19)13-16)22-9-11-23(12-10-22)17-7-2-3-8-20-17/h2-8,13-14H,9-12H2,1H3,(H,21,24)/t14-/m0/s1. The summed E-state index contributed by atoms with van der Waals surface area (Å²) >= 11 is 5.96. The van der Waals surface area contributed by atoms with Gasteiger partial charge in [0.15, 0.2) is 0 Å². The van der Waals surface area contributed by atoms with E-state index in [1.807, 2.05) is 43.5 Å². The molecule has 1 N–H and O–H groups in total. The van der Waals surface area contributed by atoms with Crippen LogP contribution in [0, 0.1) is 0 Å². The van der Waals surface area contributed by atoms with Crippen molar-refractivity contribution in [3.05, 3.63) is 53.7 Å². The number of anilines is 2. The number of halogens is 1. The summed E-state index contributed by atoms with van der Waals surface area (Å²) in [7, 11) is 0. The molecule has 1 saturated heterocycles. The molecule has 0 bridgehead atoms. The van der Waals surface area contributed by atoms with Crippen LogP contribution in [0.15, 0.2) is 48.7 Å². The molecule has 6 heteroatoms. The molecule has 2 heterocycles. The molecule has 1 aromatic carbocycles. The van der Waals surface area contributed by atoms with E-state index in [1.165, 1.54) is 0 Å². The highest BCUT2D eigenvalue weighted by Crippen LogP contribution is 2.17. The van der Waals surface area contributed by atoms with E-state index in [2.05, 4.69) is 20.1 Å². The second-order valence-corrected chi connectivity index (χ2v) is 6.32. The molecule has 0 spiro atoms. The number of nitrogens with zero attached hydrogens (tertiary/aromatic N) is 3. The number of amides is 1. The molecular formula is C18H21ClN4O. The second kappa shape index (κ2) is 7.64. The van der Waals surface area contributed by atoms with Crippen LogP contribution in [0.25, 0.3) is 0 Å². The highest BCUT2D eigenvalue weighted by molar-refractivity contribution is 6.30. The number of piperazine rings is 1. The summed E-state index contributed by atoms with van der Waals surface area (Å²) < 4.78 is 0. The Balaban J connectivity index is 1.55. The van der Waals surface area contributed by atoms with Crippen LogP contribution in [0.4, 0.5) is 11.5 Å². The molecular weight excluding hydrogens is 324 g/mol. The molecule has 3 rings (SSSR count). The van der Waals surface area contributed by atoms with Crippen molar-refractivity contribution in [1.29, 1.82) is 0 Å². The van der Waals surface area contributed by atoms with Crippen LogP contribution >= 0.6 is 11.6 Å². The average molecular weight is 345 g/mol. The van der Waals surface area contributed by atoms with Gasteiger partial charge in [0.1, 0.15) is 5.82 Å².